The second kappa shape index (κ2) is 19.1. The minimum Gasteiger partial charge on any atom is -0.496 e. The summed E-state index contributed by atoms with van der Waals surface area (Å²) in [5.41, 5.74) is 2.48. The first-order chi connectivity index (χ1) is 29.9. The molecule has 0 saturated heterocycles. The predicted molar refractivity (Wildman–Crippen MR) is 235 cm³/mol. The van der Waals surface area contributed by atoms with E-state index in [1.54, 1.807) is 79.1 Å². The fraction of sp³-hybridized carbons (Fsp3) is 0.227. The number of carboxylic acids is 1. The SMILES string of the molecule is CCNC(=O)c1cc2c(Oc3ccc(NC(=O)NC4CC4)c(Cl)c3)ccnc2cc1OC.COc1cc2nccc(Oc3ccc(NC(=O)NC4CC4)c(Cl)c3)c2cc1C(=O)O. The van der Waals surface area contributed by atoms with Crippen molar-refractivity contribution in [2.75, 3.05) is 31.4 Å². The monoisotopic (exact) mass is 881 g/mol. The Balaban J connectivity index is 0.000000187. The Labute approximate surface area is 365 Å². The molecule has 2 saturated carbocycles. The average Bonchev–Trinajstić information content (AvgIpc) is 4.21. The van der Waals surface area contributed by atoms with Crippen molar-refractivity contribution in [2.45, 2.75) is 44.7 Å². The molecule has 16 nitrogen and oxygen atoms in total. The summed E-state index contributed by atoms with van der Waals surface area (Å²) in [4.78, 5) is 56.5. The van der Waals surface area contributed by atoms with Gasteiger partial charge in [0.1, 0.15) is 40.1 Å². The highest BCUT2D eigenvalue weighted by molar-refractivity contribution is 6.34. The molecule has 2 heterocycles. The number of carbonyl (C=O) groups excluding carboxylic acids is 3. The van der Waals surface area contributed by atoms with Crippen LogP contribution in [0.25, 0.3) is 21.8 Å². The number of urea groups is 2. The molecular weight excluding hydrogens is 841 g/mol. The molecular formula is C44H41Cl2N7O9. The summed E-state index contributed by atoms with van der Waals surface area (Å²) in [6, 6.07) is 19.5. The van der Waals surface area contributed by atoms with E-state index in [2.05, 4.69) is 36.6 Å². The molecule has 0 bridgehead atoms. The number of fused-ring (bicyclic) bond motifs is 2. The van der Waals surface area contributed by atoms with Crippen LogP contribution < -0.4 is 45.5 Å². The number of pyridine rings is 2. The summed E-state index contributed by atoms with van der Waals surface area (Å²) in [7, 11) is 2.91. The van der Waals surface area contributed by atoms with Gasteiger partial charge < -0.3 is 50.6 Å². The highest BCUT2D eigenvalue weighted by Gasteiger charge is 2.25. The molecule has 0 unspecified atom stereocenters. The van der Waals surface area contributed by atoms with Crippen LogP contribution in [0.1, 0.15) is 53.3 Å². The van der Waals surface area contributed by atoms with Crippen LogP contribution >= 0.6 is 23.2 Å². The lowest BCUT2D eigenvalue weighted by molar-refractivity contribution is 0.0693. The molecule has 6 N–H and O–H groups in total. The second-order valence-corrected chi connectivity index (χ2v) is 15.0. The highest BCUT2D eigenvalue weighted by Crippen LogP contribution is 2.37. The normalized spacial score (nSPS) is 12.9. The second-order valence-electron chi connectivity index (χ2n) is 14.2. The number of nitrogens with one attached hydrogen (secondary N) is 5. The number of hydrogen-bond acceptors (Lipinski definition) is 10. The van der Waals surface area contributed by atoms with E-state index in [0.717, 1.165) is 25.7 Å². The zero-order valence-corrected chi connectivity index (χ0v) is 35.1. The number of amides is 5. The first-order valence-corrected chi connectivity index (χ1v) is 20.2. The molecule has 5 amide bonds. The Kier molecular flexibility index (Phi) is 13.3. The third kappa shape index (κ3) is 10.6. The van der Waals surface area contributed by atoms with Crippen molar-refractivity contribution in [2.24, 2.45) is 0 Å². The molecule has 62 heavy (non-hydrogen) atoms. The molecule has 6 aromatic rings. The topological polar surface area (TPSA) is 211 Å². The van der Waals surface area contributed by atoms with Gasteiger partial charge in [0.25, 0.3) is 5.91 Å². The maximum absolute atomic E-state index is 12.5. The van der Waals surface area contributed by atoms with Crippen LogP contribution in [0.3, 0.4) is 0 Å². The molecule has 4 aromatic carbocycles. The lowest BCUT2D eigenvalue weighted by atomic mass is 10.1. The molecule has 2 fully saturated rings. The number of aromatic nitrogens is 2. The number of rotatable bonds is 13. The molecule has 2 aliphatic carbocycles. The van der Waals surface area contributed by atoms with Crippen LogP contribution in [0, 0.1) is 0 Å². The maximum Gasteiger partial charge on any atom is 0.339 e. The number of methoxy groups -OCH3 is 2. The van der Waals surface area contributed by atoms with Crippen LogP contribution in [0.4, 0.5) is 21.0 Å². The smallest absolute Gasteiger partial charge is 0.339 e. The zero-order valence-electron chi connectivity index (χ0n) is 33.6. The minimum atomic E-state index is -1.12. The van der Waals surface area contributed by atoms with Gasteiger partial charge in [-0.2, -0.15) is 0 Å². The van der Waals surface area contributed by atoms with Crippen LogP contribution in [-0.2, 0) is 0 Å². The van der Waals surface area contributed by atoms with Gasteiger partial charge in [-0.1, -0.05) is 23.2 Å². The number of anilines is 2. The van der Waals surface area contributed by atoms with Crippen molar-refractivity contribution in [3.63, 3.8) is 0 Å². The van der Waals surface area contributed by atoms with Gasteiger partial charge in [-0.3, -0.25) is 14.8 Å². The number of aromatic carboxylic acids is 1. The van der Waals surface area contributed by atoms with Gasteiger partial charge in [0.05, 0.1) is 52.2 Å². The van der Waals surface area contributed by atoms with Gasteiger partial charge in [-0.15, -0.1) is 0 Å². The van der Waals surface area contributed by atoms with Crippen molar-refractivity contribution in [1.29, 1.82) is 0 Å². The molecule has 0 spiro atoms. The Bertz CT molecular complexity index is 2690. The van der Waals surface area contributed by atoms with Crippen molar-refractivity contribution in [3.8, 4) is 34.5 Å². The average molecular weight is 883 g/mol. The van der Waals surface area contributed by atoms with Crippen LogP contribution in [0.15, 0.2) is 85.2 Å². The summed E-state index contributed by atoms with van der Waals surface area (Å²) < 4.78 is 22.5. The van der Waals surface area contributed by atoms with E-state index in [1.807, 2.05) is 6.92 Å². The van der Waals surface area contributed by atoms with Crippen molar-refractivity contribution >= 4 is 80.3 Å². The number of hydrogen-bond donors (Lipinski definition) is 6. The summed E-state index contributed by atoms with van der Waals surface area (Å²) >= 11 is 12.6. The Morgan fingerprint density at radius 2 is 1.10 bits per heavy atom. The number of benzene rings is 4. The zero-order chi connectivity index (χ0) is 43.9. The number of carbonyl (C=O) groups is 4. The van der Waals surface area contributed by atoms with E-state index in [-0.39, 0.29) is 41.4 Å². The molecule has 2 aromatic heterocycles. The molecule has 0 atom stereocenters. The van der Waals surface area contributed by atoms with E-state index < -0.39 is 5.97 Å². The van der Waals surface area contributed by atoms with Gasteiger partial charge in [-0.25, -0.2) is 14.4 Å². The van der Waals surface area contributed by atoms with E-state index in [4.69, 9.17) is 42.1 Å². The number of halogens is 2. The predicted octanol–water partition coefficient (Wildman–Crippen LogP) is 9.39. The fourth-order valence-corrected chi connectivity index (χ4v) is 6.57. The Hall–Kier alpha value is -7.04. The van der Waals surface area contributed by atoms with Gasteiger partial charge in [-0.05, 0) is 81.1 Å². The first kappa shape index (κ1) is 43.1. The molecule has 8 rings (SSSR count). The minimum absolute atomic E-state index is 0.00195. The standard InChI is InChI=1S/C23H23ClN4O4.C21H18ClN3O5/c1-3-25-22(29)16-11-15-19(12-21(16)31-2)26-9-8-20(15)32-14-6-7-18(17(24)10-14)28-23(30)27-13-4-5-13;1-29-19-10-17-13(9-14(19)20(26)27)18(6-7-23-17)30-12-4-5-16(15(22)8-12)25-21(28)24-11-2-3-11/h6-13H,3-5H2,1-2H3,(H,25,29)(H2,27,28,30);4-11H,2-3H2,1H3,(H,26,27)(H2,24,25,28). The van der Waals surface area contributed by atoms with Gasteiger partial charge >= 0.3 is 18.0 Å². The summed E-state index contributed by atoms with van der Waals surface area (Å²) in [5, 5.41) is 25.1. The maximum atomic E-state index is 12.5. The lowest BCUT2D eigenvalue weighted by Crippen LogP contribution is -2.30. The number of ether oxygens (including phenoxy) is 4. The van der Waals surface area contributed by atoms with Crippen molar-refractivity contribution in [1.82, 2.24) is 25.9 Å². The fourth-order valence-electron chi connectivity index (χ4n) is 6.13. The molecule has 2 aliphatic rings. The largest absolute Gasteiger partial charge is 0.496 e. The van der Waals surface area contributed by atoms with Gasteiger partial charge in [0, 0.05) is 66.1 Å². The van der Waals surface area contributed by atoms with Gasteiger partial charge in [0.15, 0.2) is 0 Å². The van der Waals surface area contributed by atoms with Crippen LogP contribution in [-0.4, -0.2) is 71.9 Å². The third-order valence-electron chi connectivity index (χ3n) is 9.52. The Morgan fingerprint density at radius 1 is 0.645 bits per heavy atom. The number of carboxylic acid groups (broad SMARTS) is 1. The summed E-state index contributed by atoms with van der Waals surface area (Å²) in [6.07, 6.45) is 7.15. The van der Waals surface area contributed by atoms with E-state index in [0.29, 0.717) is 84.1 Å². The van der Waals surface area contributed by atoms with Crippen LogP contribution in [0.2, 0.25) is 10.0 Å². The summed E-state index contributed by atoms with van der Waals surface area (Å²) in [6.45, 7) is 2.34. The molecule has 0 aliphatic heterocycles. The van der Waals surface area contributed by atoms with Crippen molar-refractivity contribution in [3.05, 3.63) is 106 Å². The lowest BCUT2D eigenvalue weighted by Gasteiger charge is -2.14. The molecule has 18 heteroatoms. The molecule has 320 valence electrons. The van der Waals surface area contributed by atoms with E-state index in [1.165, 1.54) is 20.3 Å². The Morgan fingerprint density at radius 3 is 1.50 bits per heavy atom. The molecule has 0 radical (unpaired) electrons. The summed E-state index contributed by atoms with van der Waals surface area (Å²) in [5.74, 6) is 1.09. The third-order valence-corrected chi connectivity index (χ3v) is 10.1. The highest BCUT2D eigenvalue weighted by atomic mass is 35.5. The van der Waals surface area contributed by atoms with E-state index >= 15 is 0 Å². The van der Waals surface area contributed by atoms with E-state index in [9.17, 15) is 24.3 Å². The first-order valence-electron chi connectivity index (χ1n) is 19.5. The quantitative estimate of drug-likeness (QED) is 0.0643. The van der Waals surface area contributed by atoms with Gasteiger partial charge in [0.2, 0.25) is 0 Å². The van der Waals surface area contributed by atoms with Crippen molar-refractivity contribution < 1.29 is 43.2 Å². The number of nitrogens with zero attached hydrogens (tertiary/aromatic N) is 2. The van der Waals surface area contributed by atoms with Crippen LogP contribution in [0.5, 0.6) is 34.5 Å².